The van der Waals surface area contributed by atoms with Gasteiger partial charge in [0.25, 0.3) is 17.5 Å². The molecule has 154 valence electrons. The Hall–Kier alpha value is -4.08. The van der Waals surface area contributed by atoms with Crippen molar-refractivity contribution in [1.82, 2.24) is 4.90 Å². The highest BCUT2D eigenvalue weighted by Crippen LogP contribution is 2.30. The van der Waals surface area contributed by atoms with Crippen LogP contribution in [0.4, 0.5) is 11.4 Å². The van der Waals surface area contributed by atoms with Crippen LogP contribution < -0.4 is 5.32 Å². The van der Waals surface area contributed by atoms with Gasteiger partial charge in [0.1, 0.15) is 12.1 Å². The number of fused-ring (bicyclic) bond motifs is 1. The lowest BCUT2D eigenvalue weighted by Crippen LogP contribution is -2.37. The third kappa shape index (κ3) is 4.02. The highest BCUT2D eigenvalue weighted by molar-refractivity contribution is 6.24. The van der Waals surface area contributed by atoms with E-state index in [-0.39, 0.29) is 11.1 Å². The van der Waals surface area contributed by atoms with Gasteiger partial charge < -0.3 is 10.1 Å². The maximum atomic E-state index is 12.5. The molecule has 1 heterocycles. The number of hydrogen-bond acceptors (Lipinski definition) is 7. The largest absolute Gasteiger partial charge is 0.462 e. The molecule has 30 heavy (non-hydrogen) atoms. The summed E-state index contributed by atoms with van der Waals surface area (Å²) in [5.41, 5.74) is -0.268. The van der Waals surface area contributed by atoms with Crippen LogP contribution in [0.3, 0.4) is 0 Å². The quantitative estimate of drug-likeness (QED) is 0.320. The van der Waals surface area contributed by atoms with Gasteiger partial charge in [0.2, 0.25) is 5.91 Å². The molecule has 0 radical (unpaired) electrons. The van der Waals surface area contributed by atoms with Crippen LogP contribution in [0, 0.1) is 10.1 Å². The molecule has 10 nitrogen and oxygen atoms in total. The van der Waals surface area contributed by atoms with E-state index in [9.17, 15) is 29.3 Å². The van der Waals surface area contributed by atoms with E-state index in [0.29, 0.717) is 29.2 Å². The van der Waals surface area contributed by atoms with E-state index in [4.69, 9.17) is 4.74 Å². The molecule has 1 aliphatic heterocycles. The second kappa shape index (κ2) is 8.52. The van der Waals surface area contributed by atoms with Crippen molar-refractivity contribution in [2.24, 2.45) is 0 Å². The Labute approximate surface area is 170 Å². The summed E-state index contributed by atoms with van der Waals surface area (Å²) in [6, 6.07) is 9.63. The van der Waals surface area contributed by atoms with Gasteiger partial charge in [-0.2, -0.15) is 0 Å². The van der Waals surface area contributed by atoms with Crippen molar-refractivity contribution in [1.29, 1.82) is 0 Å². The van der Waals surface area contributed by atoms with Crippen LogP contribution in [0.5, 0.6) is 0 Å². The molecule has 2 aromatic carbocycles. The smallest absolute Gasteiger partial charge is 0.338 e. The van der Waals surface area contributed by atoms with Crippen LogP contribution in [-0.2, 0) is 9.53 Å². The zero-order valence-corrected chi connectivity index (χ0v) is 15.9. The number of benzene rings is 2. The fraction of sp³-hybridized carbons (Fsp3) is 0.200. The monoisotopic (exact) mass is 411 g/mol. The maximum Gasteiger partial charge on any atom is 0.338 e. The lowest BCUT2D eigenvalue weighted by atomic mass is 10.1. The minimum Gasteiger partial charge on any atom is -0.462 e. The molecule has 0 aliphatic carbocycles. The van der Waals surface area contributed by atoms with Crippen molar-refractivity contribution < 1.29 is 28.8 Å². The van der Waals surface area contributed by atoms with Gasteiger partial charge in [-0.3, -0.25) is 29.4 Å². The molecule has 3 amide bonds. The molecular weight excluding hydrogens is 394 g/mol. The number of carbonyl (C=O) groups excluding carboxylic acids is 4. The number of rotatable bonds is 7. The van der Waals surface area contributed by atoms with Gasteiger partial charge in [-0.05, 0) is 36.8 Å². The van der Waals surface area contributed by atoms with Crippen LogP contribution in [-0.4, -0.2) is 46.7 Å². The summed E-state index contributed by atoms with van der Waals surface area (Å²) < 4.78 is 5.01. The molecule has 0 aromatic heterocycles. The Morgan fingerprint density at radius 3 is 2.43 bits per heavy atom. The normalized spacial score (nSPS) is 12.5. The minimum absolute atomic E-state index is 0.114. The van der Waals surface area contributed by atoms with Crippen LogP contribution >= 0.6 is 0 Å². The van der Waals surface area contributed by atoms with Gasteiger partial charge >= 0.3 is 5.97 Å². The van der Waals surface area contributed by atoms with Gasteiger partial charge in [-0.1, -0.05) is 13.0 Å². The fourth-order valence-corrected chi connectivity index (χ4v) is 2.92. The first-order valence-corrected chi connectivity index (χ1v) is 9.04. The number of carbonyl (C=O) groups is 4. The van der Waals surface area contributed by atoms with E-state index >= 15 is 0 Å². The predicted octanol–water partition coefficient (Wildman–Crippen LogP) is 2.40. The van der Waals surface area contributed by atoms with Crippen molar-refractivity contribution in [2.75, 3.05) is 18.5 Å². The van der Waals surface area contributed by atoms with E-state index in [1.54, 1.807) is 0 Å². The number of nitrogens with one attached hydrogen (secondary N) is 1. The number of anilines is 1. The first-order valence-electron chi connectivity index (χ1n) is 9.04. The summed E-state index contributed by atoms with van der Waals surface area (Å²) >= 11 is 0. The summed E-state index contributed by atoms with van der Waals surface area (Å²) in [5.74, 6) is -2.83. The fourth-order valence-electron chi connectivity index (χ4n) is 2.92. The number of esters is 1. The van der Waals surface area contributed by atoms with Crippen molar-refractivity contribution in [3.8, 4) is 0 Å². The van der Waals surface area contributed by atoms with Crippen molar-refractivity contribution in [3.05, 3.63) is 69.3 Å². The van der Waals surface area contributed by atoms with E-state index in [1.165, 1.54) is 36.4 Å². The SMILES string of the molecule is CCCOC(=O)c1ccc(NC(=O)CN2C(=O)c3cccc([N+](=O)[O-])c3C2=O)cc1. The van der Waals surface area contributed by atoms with Crippen LogP contribution in [0.15, 0.2) is 42.5 Å². The molecule has 2 aromatic rings. The third-order valence-corrected chi connectivity index (χ3v) is 4.32. The Bertz CT molecular complexity index is 1050. The first-order chi connectivity index (χ1) is 14.3. The molecule has 0 atom stereocenters. The second-order valence-electron chi connectivity index (χ2n) is 6.41. The molecule has 0 saturated carbocycles. The average Bonchev–Trinajstić information content (AvgIpc) is 2.97. The molecular formula is C20H17N3O7. The number of nitro groups is 1. The number of ether oxygens (including phenoxy) is 1. The van der Waals surface area contributed by atoms with Gasteiger partial charge in [0.15, 0.2) is 0 Å². The van der Waals surface area contributed by atoms with Crippen molar-refractivity contribution in [3.63, 3.8) is 0 Å². The van der Waals surface area contributed by atoms with Crippen LogP contribution in [0.25, 0.3) is 0 Å². The predicted molar refractivity (Wildman–Crippen MR) is 104 cm³/mol. The number of nitro benzene ring substituents is 1. The van der Waals surface area contributed by atoms with Crippen molar-refractivity contribution >= 4 is 35.1 Å². The number of nitrogens with zero attached hydrogens (tertiary/aromatic N) is 2. The summed E-state index contributed by atoms with van der Waals surface area (Å²) in [5, 5.41) is 13.6. The molecule has 0 saturated heterocycles. The lowest BCUT2D eigenvalue weighted by molar-refractivity contribution is -0.385. The number of imide groups is 1. The highest BCUT2D eigenvalue weighted by atomic mass is 16.6. The topological polar surface area (TPSA) is 136 Å². The van der Waals surface area contributed by atoms with Gasteiger partial charge in [0, 0.05) is 11.8 Å². The highest BCUT2D eigenvalue weighted by Gasteiger charge is 2.41. The summed E-state index contributed by atoms with van der Waals surface area (Å²) in [7, 11) is 0. The van der Waals surface area contributed by atoms with Crippen molar-refractivity contribution in [2.45, 2.75) is 13.3 Å². The Kier molecular flexibility index (Phi) is 5.86. The molecule has 1 aliphatic rings. The molecule has 3 rings (SSSR count). The summed E-state index contributed by atoms with van der Waals surface area (Å²) in [4.78, 5) is 60.0. The second-order valence-corrected chi connectivity index (χ2v) is 6.41. The Morgan fingerprint density at radius 2 is 1.80 bits per heavy atom. The van der Waals surface area contributed by atoms with E-state index < -0.39 is 40.8 Å². The molecule has 0 unspecified atom stereocenters. The Morgan fingerprint density at radius 1 is 1.10 bits per heavy atom. The van der Waals surface area contributed by atoms with Gasteiger partial charge in [-0.25, -0.2) is 4.79 Å². The van der Waals surface area contributed by atoms with E-state index in [1.807, 2.05) is 6.92 Å². The lowest BCUT2D eigenvalue weighted by Gasteiger charge is -2.13. The van der Waals surface area contributed by atoms with E-state index in [2.05, 4.69) is 5.32 Å². The average molecular weight is 411 g/mol. The zero-order valence-electron chi connectivity index (χ0n) is 15.9. The van der Waals surface area contributed by atoms with E-state index in [0.717, 1.165) is 6.07 Å². The Balaban J connectivity index is 1.68. The molecule has 0 bridgehead atoms. The number of amides is 3. The van der Waals surface area contributed by atoms with Gasteiger partial charge in [-0.15, -0.1) is 0 Å². The molecule has 1 N–H and O–H groups in total. The standard InChI is InChI=1S/C20H17N3O7/c1-2-10-30-20(27)12-6-8-13(9-7-12)21-16(24)11-22-18(25)14-4-3-5-15(23(28)29)17(14)19(22)26/h3-9H,2,10-11H2,1H3,(H,21,24). The number of hydrogen-bond donors (Lipinski definition) is 1. The summed E-state index contributed by atoms with van der Waals surface area (Å²) in [6.07, 6.45) is 0.695. The zero-order chi connectivity index (χ0) is 21.8. The molecule has 10 heteroatoms. The summed E-state index contributed by atoms with van der Waals surface area (Å²) in [6.45, 7) is 1.57. The first kappa shape index (κ1) is 20.6. The maximum absolute atomic E-state index is 12.5. The molecule has 0 spiro atoms. The van der Waals surface area contributed by atoms with Gasteiger partial charge in [0.05, 0.1) is 22.7 Å². The van der Waals surface area contributed by atoms with Crippen LogP contribution in [0.1, 0.15) is 44.4 Å². The third-order valence-electron chi connectivity index (χ3n) is 4.32. The minimum atomic E-state index is -0.897. The molecule has 0 fully saturated rings. The van der Waals surface area contributed by atoms with Crippen LogP contribution in [0.2, 0.25) is 0 Å².